The van der Waals surface area contributed by atoms with Gasteiger partial charge in [0.1, 0.15) is 0 Å². The molecule has 0 bridgehead atoms. The minimum atomic E-state index is -5.65. The van der Waals surface area contributed by atoms with Gasteiger partial charge in [0.05, 0.1) is 12.2 Å². The summed E-state index contributed by atoms with van der Waals surface area (Å²) < 4.78 is 87.2. The molecule has 1 saturated carbocycles. The Morgan fingerprint density at radius 3 is 2.00 bits per heavy atom. The number of halogens is 5. The van der Waals surface area contributed by atoms with Crippen LogP contribution in [0.4, 0.5) is 22.0 Å². The first kappa shape index (κ1) is 13.6. The highest BCUT2D eigenvalue weighted by Gasteiger charge is 2.50. The highest BCUT2D eigenvalue weighted by atomic mass is 32.2. The quantitative estimate of drug-likeness (QED) is 0.442. The molecule has 1 fully saturated rings. The number of hydrogen-bond acceptors (Lipinski definition) is 4. The molecule has 0 aromatic rings. The fourth-order valence-corrected chi connectivity index (χ4v) is 1.71. The van der Waals surface area contributed by atoms with E-state index in [4.69, 9.17) is 0 Å². The fraction of sp³-hybridized carbons (Fsp3) is 1.00. The number of ether oxygens (including phenoxy) is 1. The van der Waals surface area contributed by atoms with Gasteiger partial charge >= 0.3 is 22.2 Å². The predicted octanol–water partition coefficient (Wildman–Crippen LogP) is 1.62. The van der Waals surface area contributed by atoms with Crippen LogP contribution in [0.2, 0.25) is 0 Å². The van der Waals surface area contributed by atoms with Crippen LogP contribution in [0.25, 0.3) is 0 Å². The molecule has 0 aromatic heterocycles. The summed E-state index contributed by atoms with van der Waals surface area (Å²) in [6, 6.07) is 0. The minimum Gasteiger partial charge on any atom is -0.319 e. The smallest absolute Gasteiger partial charge is 0.319 e. The van der Waals surface area contributed by atoms with Gasteiger partial charge in [-0.1, -0.05) is 0 Å². The molecule has 1 rings (SSSR count). The molecule has 16 heavy (non-hydrogen) atoms. The molecule has 96 valence electrons. The predicted molar refractivity (Wildman–Crippen MR) is 40.0 cm³/mol. The van der Waals surface area contributed by atoms with Crippen LogP contribution in [0.15, 0.2) is 0 Å². The van der Waals surface area contributed by atoms with Crippen molar-refractivity contribution in [1.29, 1.82) is 0 Å². The second-order valence-corrected chi connectivity index (χ2v) is 4.67. The van der Waals surface area contributed by atoms with Crippen LogP contribution in [-0.4, -0.2) is 32.7 Å². The van der Waals surface area contributed by atoms with E-state index in [0.717, 1.165) is 0 Å². The average Bonchev–Trinajstić information content (AvgIpc) is 1.96. The maximum atomic E-state index is 11.8. The maximum Gasteiger partial charge on any atom is 0.523 e. The lowest BCUT2D eigenvalue weighted by Gasteiger charge is -2.33. The van der Waals surface area contributed by atoms with Gasteiger partial charge in [0.15, 0.2) is 0 Å². The third-order valence-electron chi connectivity index (χ3n) is 1.89. The van der Waals surface area contributed by atoms with Crippen LogP contribution in [-0.2, 0) is 19.0 Å². The second-order valence-electron chi connectivity index (χ2n) is 3.11. The van der Waals surface area contributed by atoms with Crippen molar-refractivity contribution in [1.82, 2.24) is 0 Å². The SMILES string of the molecule is O=S(=O)(OC1CC(OC(F)F)C1)C(F)(F)F. The molecule has 0 spiro atoms. The van der Waals surface area contributed by atoms with E-state index in [9.17, 15) is 30.4 Å². The van der Waals surface area contributed by atoms with E-state index in [1.165, 1.54) is 0 Å². The summed E-state index contributed by atoms with van der Waals surface area (Å²) in [4.78, 5) is 0. The topological polar surface area (TPSA) is 52.6 Å². The Hall–Kier alpha value is -0.480. The summed E-state index contributed by atoms with van der Waals surface area (Å²) in [7, 11) is -5.65. The molecule has 0 aliphatic heterocycles. The van der Waals surface area contributed by atoms with Crippen molar-refractivity contribution in [2.75, 3.05) is 0 Å². The molecule has 0 radical (unpaired) electrons. The molecule has 0 N–H and O–H groups in total. The number of rotatable bonds is 4. The van der Waals surface area contributed by atoms with Gasteiger partial charge in [-0.3, -0.25) is 4.18 Å². The van der Waals surface area contributed by atoms with Gasteiger partial charge in [-0.05, 0) is 0 Å². The first-order valence-corrected chi connectivity index (χ1v) is 5.46. The van der Waals surface area contributed by atoms with E-state index in [0.29, 0.717) is 0 Å². The Balaban J connectivity index is 2.38. The fourth-order valence-electron chi connectivity index (χ4n) is 1.09. The molecule has 0 unspecified atom stereocenters. The van der Waals surface area contributed by atoms with Gasteiger partial charge in [0, 0.05) is 12.8 Å². The van der Waals surface area contributed by atoms with E-state index in [2.05, 4.69) is 8.92 Å². The summed E-state index contributed by atoms with van der Waals surface area (Å²) in [5.41, 5.74) is -5.50. The molecule has 0 amide bonds. The largest absolute Gasteiger partial charge is 0.523 e. The lowest BCUT2D eigenvalue weighted by molar-refractivity contribution is -0.197. The van der Waals surface area contributed by atoms with E-state index in [1.807, 2.05) is 0 Å². The highest BCUT2D eigenvalue weighted by molar-refractivity contribution is 7.87. The van der Waals surface area contributed by atoms with E-state index in [1.54, 1.807) is 0 Å². The molecule has 1 aliphatic rings. The molecule has 1 aliphatic carbocycles. The molecule has 0 saturated heterocycles. The molecule has 10 heteroatoms. The summed E-state index contributed by atoms with van der Waals surface area (Å²) in [5.74, 6) is 0. The monoisotopic (exact) mass is 270 g/mol. The standard InChI is InChI=1S/C6H7F5O4S/c7-5(8)14-3-1-4(2-3)15-16(12,13)6(9,10)11/h3-5H,1-2H2. The van der Waals surface area contributed by atoms with Crippen LogP contribution in [0.5, 0.6) is 0 Å². The Bertz CT molecular complexity index is 331. The maximum absolute atomic E-state index is 11.8. The van der Waals surface area contributed by atoms with Crippen molar-refractivity contribution < 1.29 is 39.3 Å². The normalized spacial score (nSPS) is 26.9. The number of alkyl halides is 5. The molecular formula is C6H7F5O4S. The van der Waals surface area contributed by atoms with E-state index in [-0.39, 0.29) is 12.8 Å². The van der Waals surface area contributed by atoms with Gasteiger partial charge in [0.25, 0.3) is 0 Å². The highest BCUT2D eigenvalue weighted by Crippen LogP contribution is 2.33. The third kappa shape index (κ3) is 3.25. The van der Waals surface area contributed by atoms with Crippen LogP contribution in [0.1, 0.15) is 12.8 Å². The van der Waals surface area contributed by atoms with Crippen molar-refractivity contribution in [3.63, 3.8) is 0 Å². The van der Waals surface area contributed by atoms with Gasteiger partial charge in [-0.2, -0.15) is 30.4 Å². The first-order valence-electron chi connectivity index (χ1n) is 4.05. The van der Waals surface area contributed by atoms with Gasteiger partial charge < -0.3 is 4.74 Å². The molecule has 4 nitrogen and oxygen atoms in total. The van der Waals surface area contributed by atoms with Gasteiger partial charge in [-0.25, -0.2) is 0 Å². The van der Waals surface area contributed by atoms with Crippen molar-refractivity contribution >= 4 is 10.1 Å². The summed E-state index contributed by atoms with van der Waals surface area (Å²) in [6.07, 6.45) is -2.83. The summed E-state index contributed by atoms with van der Waals surface area (Å²) >= 11 is 0. The summed E-state index contributed by atoms with van der Waals surface area (Å²) in [5, 5.41) is 0. The van der Waals surface area contributed by atoms with Crippen molar-refractivity contribution in [2.45, 2.75) is 37.2 Å². The number of hydrogen-bond donors (Lipinski definition) is 0. The lowest BCUT2D eigenvalue weighted by Crippen LogP contribution is -2.42. The zero-order valence-electron chi connectivity index (χ0n) is 7.58. The van der Waals surface area contributed by atoms with Crippen molar-refractivity contribution in [3.8, 4) is 0 Å². The molecule has 0 aromatic carbocycles. The Kier molecular flexibility index (Phi) is 3.75. The van der Waals surface area contributed by atoms with Crippen LogP contribution in [0.3, 0.4) is 0 Å². The lowest BCUT2D eigenvalue weighted by atomic mass is 9.92. The van der Waals surface area contributed by atoms with Gasteiger partial charge in [-0.15, -0.1) is 0 Å². The zero-order valence-corrected chi connectivity index (χ0v) is 8.39. The van der Waals surface area contributed by atoms with E-state index >= 15 is 0 Å². The van der Waals surface area contributed by atoms with Crippen LogP contribution >= 0.6 is 0 Å². The van der Waals surface area contributed by atoms with Crippen molar-refractivity contribution in [2.24, 2.45) is 0 Å². The Morgan fingerprint density at radius 1 is 1.12 bits per heavy atom. The van der Waals surface area contributed by atoms with Crippen LogP contribution in [0, 0.1) is 0 Å². The second kappa shape index (κ2) is 4.41. The third-order valence-corrected chi connectivity index (χ3v) is 2.99. The van der Waals surface area contributed by atoms with Crippen molar-refractivity contribution in [3.05, 3.63) is 0 Å². The Labute approximate surface area is 87.4 Å². The molecular weight excluding hydrogens is 263 g/mol. The van der Waals surface area contributed by atoms with E-state index < -0.39 is 34.4 Å². The van der Waals surface area contributed by atoms with Gasteiger partial charge in [0.2, 0.25) is 0 Å². The van der Waals surface area contributed by atoms with Crippen LogP contribution < -0.4 is 0 Å². The molecule has 0 atom stereocenters. The average molecular weight is 270 g/mol. The Morgan fingerprint density at radius 2 is 1.62 bits per heavy atom. The summed E-state index contributed by atoms with van der Waals surface area (Å²) in [6.45, 7) is -3.04. The molecule has 0 heterocycles. The minimum absolute atomic E-state index is 0.306. The first-order chi connectivity index (χ1) is 7.12. The zero-order chi connectivity index (χ0) is 12.6.